The van der Waals surface area contributed by atoms with E-state index in [9.17, 15) is 10.0 Å². The van der Waals surface area contributed by atoms with Crippen molar-refractivity contribution in [2.45, 2.75) is 6.92 Å². The van der Waals surface area contributed by atoms with E-state index in [1.807, 2.05) is 0 Å². The monoisotopic (exact) mass is 103 g/mol. The van der Waals surface area contributed by atoms with Crippen LogP contribution in [0.5, 0.6) is 0 Å². The van der Waals surface area contributed by atoms with Crippen LogP contribution >= 0.6 is 0 Å². The standard InChI is InChI=1S/C3H7N2O2/c1-2-5(7)3(4)6/h2H2,1H3,(H2,4,6)/q-1. The first-order valence-corrected chi connectivity index (χ1v) is 1.92. The third-order valence-corrected chi connectivity index (χ3v) is 0.533. The van der Waals surface area contributed by atoms with Gasteiger partial charge in [-0.25, -0.2) is 4.79 Å². The second-order valence-electron chi connectivity index (χ2n) is 1.03. The first kappa shape index (κ1) is 6.23. The van der Waals surface area contributed by atoms with Gasteiger partial charge in [-0.15, -0.1) is 0 Å². The molecule has 4 heteroatoms. The summed E-state index contributed by atoms with van der Waals surface area (Å²) in [4.78, 5) is 9.77. The largest absolute Gasteiger partial charge is 0.755 e. The van der Waals surface area contributed by atoms with Crippen molar-refractivity contribution in [3.8, 4) is 0 Å². The van der Waals surface area contributed by atoms with Crippen LogP contribution in [0, 0.1) is 5.21 Å². The summed E-state index contributed by atoms with van der Waals surface area (Å²) in [5, 5.41) is 10.1. The first-order valence-electron chi connectivity index (χ1n) is 1.92. The fraction of sp³-hybridized carbons (Fsp3) is 0.667. The van der Waals surface area contributed by atoms with E-state index in [4.69, 9.17) is 0 Å². The molecule has 0 rings (SSSR count). The van der Waals surface area contributed by atoms with Crippen molar-refractivity contribution in [2.75, 3.05) is 6.54 Å². The Morgan fingerprint density at radius 2 is 2.43 bits per heavy atom. The highest BCUT2D eigenvalue weighted by Gasteiger charge is 1.87. The highest BCUT2D eigenvalue weighted by Crippen LogP contribution is 1.77. The fourth-order valence-electron chi connectivity index (χ4n) is 0.156. The number of nitrogens with two attached hydrogens (primary N) is 1. The highest BCUT2D eigenvalue weighted by molar-refractivity contribution is 5.72. The fourth-order valence-corrected chi connectivity index (χ4v) is 0.156. The van der Waals surface area contributed by atoms with Crippen molar-refractivity contribution in [1.29, 1.82) is 0 Å². The van der Waals surface area contributed by atoms with Crippen molar-refractivity contribution in [1.82, 2.24) is 5.06 Å². The first-order chi connectivity index (χ1) is 3.18. The zero-order valence-corrected chi connectivity index (χ0v) is 4.05. The van der Waals surface area contributed by atoms with E-state index in [1.165, 1.54) is 0 Å². The predicted molar refractivity (Wildman–Crippen MR) is 25.3 cm³/mol. The second-order valence-corrected chi connectivity index (χ2v) is 1.03. The number of primary amides is 1. The molecule has 2 N–H and O–H groups in total. The molecule has 0 fully saturated rings. The van der Waals surface area contributed by atoms with Crippen molar-refractivity contribution < 1.29 is 4.79 Å². The van der Waals surface area contributed by atoms with Crippen LogP contribution in [0.3, 0.4) is 0 Å². The molecule has 0 aliphatic heterocycles. The number of hydroxylamine groups is 2. The summed E-state index contributed by atoms with van der Waals surface area (Å²) in [6.45, 7) is 1.67. The van der Waals surface area contributed by atoms with Crippen LogP contribution in [0.25, 0.3) is 0 Å². The Morgan fingerprint density at radius 1 is 2.00 bits per heavy atom. The van der Waals surface area contributed by atoms with E-state index in [0.717, 1.165) is 0 Å². The summed E-state index contributed by atoms with van der Waals surface area (Å²) in [5.74, 6) is 0. The molecular formula is C3H7N2O2-. The van der Waals surface area contributed by atoms with E-state index in [1.54, 1.807) is 6.92 Å². The van der Waals surface area contributed by atoms with Gasteiger partial charge in [0.25, 0.3) is 0 Å². The van der Waals surface area contributed by atoms with E-state index in [2.05, 4.69) is 5.73 Å². The second kappa shape index (κ2) is 2.41. The Bertz CT molecular complexity index is 73.3. The smallest absolute Gasteiger partial charge is 0.304 e. The normalized spacial score (nSPS) is 8.29. The average molecular weight is 103 g/mol. The molecule has 0 aliphatic rings. The molecule has 0 aliphatic carbocycles. The minimum absolute atomic E-state index is 0.120. The van der Waals surface area contributed by atoms with Crippen molar-refractivity contribution in [3.05, 3.63) is 5.21 Å². The van der Waals surface area contributed by atoms with Gasteiger partial charge in [-0.3, -0.25) is 0 Å². The lowest BCUT2D eigenvalue weighted by Crippen LogP contribution is -2.29. The van der Waals surface area contributed by atoms with Gasteiger partial charge in [0.05, 0.1) is 0 Å². The van der Waals surface area contributed by atoms with Gasteiger partial charge >= 0.3 is 6.03 Å². The number of urea groups is 1. The average Bonchev–Trinajstić information content (AvgIpc) is 1.65. The summed E-state index contributed by atoms with van der Waals surface area (Å²) in [7, 11) is 0. The summed E-state index contributed by atoms with van der Waals surface area (Å²) in [6, 6.07) is -0.928. The van der Waals surface area contributed by atoms with Crippen LogP contribution in [0.2, 0.25) is 0 Å². The lowest BCUT2D eigenvalue weighted by Gasteiger charge is -2.22. The maximum absolute atomic E-state index is 9.95. The molecule has 0 saturated heterocycles. The van der Waals surface area contributed by atoms with Crippen LogP contribution in [0.15, 0.2) is 0 Å². The highest BCUT2D eigenvalue weighted by atomic mass is 16.5. The Hall–Kier alpha value is -0.770. The SMILES string of the molecule is CCN([O-])C(N)=O. The number of amides is 2. The lowest BCUT2D eigenvalue weighted by molar-refractivity contribution is 0.226. The number of nitrogens with zero attached hydrogens (tertiary/aromatic N) is 1. The zero-order valence-electron chi connectivity index (χ0n) is 4.05. The van der Waals surface area contributed by atoms with Crippen LogP contribution < -0.4 is 5.73 Å². The lowest BCUT2D eigenvalue weighted by atomic mass is 10.7. The van der Waals surface area contributed by atoms with Gasteiger partial charge in [-0.05, 0) is 6.92 Å². The molecule has 0 aromatic rings. The maximum Gasteiger partial charge on any atom is 0.304 e. The van der Waals surface area contributed by atoms with Gasteiger partial charge in [-0.1, -0.05) is 0 Å². The van der Waals surface area contributed by atoms with Gasteiger partial charge in [0.1, 0.15) is 0 Å². The van der Waals surface area contributed by atoms with Gasteiger partial charge in [0, 0.05) is 6.54 Å². The molecule has 4 nitrogen and oxygen atoms in total. The van der Waals surface area contributed by atoms with Gasteiger partial charge in [0.15, 0.2) is 0 Å². The number of hydrogen-bond acceptors (Lipinski definition) is 2. The van der Waals surface area contributed by atoms with Crippen molar-refractivity contribution >= 4 is 6.03 Å². The molecule has 0 aromatic heterocycles. The minimum Gasteiger partial charge on any atom is -0.755 e. The molecule has 0 heterocycles. The molecule has 0 atom stereocenters. The van der Waals surface area contributed by atoms with Crippen LogP contribution in [-0.4, -0.2) is 17.6 Å². The van der Waals surface area contributed by atoms with Crippen molar-refractivity contribution in [2.24, 2.45) is 5.73 Å². The van der Waals surface area contributed by atoms with E-state index < -0.39 is 6.03 Å². The maximum atomic E-state index is 9.95. The molecule has 0 bridgehead atoms. The predicted octanol–water partition coefficient (Wildman–Crippen LogP) is -0.115. The molecule has 0 unspecified atom stereocenters. The summed E-state index contributed by atoms with van der Waals surface area (Å²) in [6.07, 6.45) is 0. The van der Waals surface area contributed by atoms with E-state index >= 15 is 0 Å². The van der Waals surface area contributed by atoms with Gasteiger partial charge < -0.3 is 16.0 Å². The Morgan fingerprint density at radius 3 is 2.43 bits per heavy atom. The third kappa shape index (κ3) is 1.99. The van der Waals surface area contributed by atoms with Crippen LogP contribution in [-0.2, 0) is 0 Å². The minimum atomic E-state index is -0.928. The number of carbonyl (C=O) groups is 1. The van der Waals surface area contributed by atoms with E-state index in [-0.39, 0.29) is 11.6 Å². The summed E-state index contributed by atoms with van der Waals surface area (Å²) in [5.41, 5.74) is 4.52. The van der Waals surface area contributed by atoms with Crippen molar-refractivity contribution in [3.63, 3.8) is 0 Å². The zero-order chi connectivity index (χ0) is 5.86. The summed E-state index contributed by atoms with van der Waals surface area (Å²) < 4.78 is 0. The Labute approximate surface area is 41.5 Å². The molecule has 0 spiro atoms. The Kier molecular flexibility index (Phi) is 2.15. The van der Waals surface area contributed by atoms with E-state index in [0.29, 0.717) is 0 Å². The Balaban J connectivity index is 3.34. The molecular weight excluding hydrogens is 96.0 g/mol. The molecule has 7 heavy (non-hydrogen) atoms. The molecule has 0 saturated carbocycles. The van der Waals surface area contributed by atoms with Crippen LogP contribution in [0.1, 0.15) is 6.92 Å². The molecule has 0 radical (unpaired) electrons. The topological polar surface area (TPSA) is 69.4 Å². The molecule has 2 amide bonds. The van der Waals surface area contributed by atoms with Gasteiger partial charge in [-0.2, -0.15) is 0 Å². The number of rotatable bonds is 1. The number of carbonyl (C=O) groups excluding carboxylic acids is 1. The molecule has 0 aromatic carbocycles. The quantitative estimate of drug-likeness (QED) is 0.470. The summed E-state index contributed by atoms with van der Waals surface area (Å²) >= 11 is 0. The van der Waals surface area contributed by atoms with Crippen LogP contribution in [0.4, 0.5) is 4.79 Å². The van der Waals surface area contributed by atoms with Gasteiger partial charge in [0.2, 0.25) is 0 Å². The third-order valence-electron chi connectivity index (χ3n) is 0.533. The number of hydrogen-bond donors (Lipinski definition) is 1. The molecule has 42 valence electrons.